The number of benzene rings is 1. The number of amides is 1. The van der Waals surface area contributed by atoms with E-state index in [1.165, 1.54) is 41.2 Å². The van der Waals surface area contributed by atoms with Gasteiger partial charge in [-0.05, 0) is 30.3 Å². The number of phenolic OH excluding ortho intramolecular Hbond substituents is 1. The molecule has 2 aromatic rings. The minimum atomic E-state index is -1.13. The molecule has 2 N–H and O–H groups in total. The maximum Gasteiger partial charge on any atom is 0.323 e. The van der Waals surface area contributed by atoms with Gasteiger partial charge in [0.25, 0.3) is 5.91 Å². The van der Waals surface area contributed by atoms with E-state index in [0.717, 1.165) is 4.90 Å². The van der Waals surface area contributed by atoms with Crippen LogP contribution in [0.15, 0.2) is 36.5 Å². The summed E-state index contributed by atoms with van der Waals surface area (Å²) in [6.45, 7) is -0.477. The van der Waals surface area contributed by atoms with Gasteiger partial charge in [0.15, 0.2) is 0 Å². The van der Waals surface area contributed by atoms with Crippen LogP contribution < -0.4 is 4.90 Å². The van der Waals surface area contributed by atoms with Gasteiger partial charge >= 0.3 is 5.97 Å². The standard InChI is InChI=1S/C13H13N3O4/c1-15-11(6-7-14-15)13(20)16(8-12(18)19)9-2-4-10(17)5-3-9/h2-7,17H,8H2,1H3,(H,18,19). The molecule has 104 valence electrons. The van der Waals surface area contributed by atoms with Gasteiger partial charge in [-0.25, -0.2) is 0 Å². The lowest BCUT2D eigenvalue weighted by Crippen LogP contribution is -2.36. The third-order valence-electron chi connectivity index (χ3n) is 2.74. The van der Waals surface area contributed by atoms with Crippen molar-refractivity contribution in [2.24, 2.45) is 7.05 Å². The van der Waals surface area contributed by atoms with Crippen LogP contribution in [0.25, 0.3) is 0 Å². The second kappa shape index (κ2) is 5.43. The Balaban J connectivity index is 2.37. The monoisotopic (exact) mass is 275 g/mol. The molecule has 0 fully saturated rings. The van der Waals surface area contributed by atoms with E-state index in [2.05, 4.69) is 5.10 Å². The fraction of sp³-hybridized carbons (Fsp3) is 0.154. The fourth-order valence-electron chi connectivity index (χ4n) is 1.77. The van der Waals surface area contributed by atoms with E-state index in [0.29, 0.717) is 5.69 Å². The van der Waals surface area contributed by atoms with Gasteiger partial charge in [0, 0.05) is 18.9 Å². The summed E-state index contributed by atoms with van der Waals surface area (Å²) in [6.07, 6.45) is 1.46. The Morgan fingerprint density at radius 3 is 2.40 bits per heavy atom. The summed E-state index contributed by atoms with van der Waals surface area (Å²) in [5.74, 6) is -1.57. The smallest absolute Gasteiger partial charge is 0.323 e. The maximum absolute atomic E-state index is 12.4. The zero-order chi connectivity index (χ0) is 14.7. The van der Waals surface area contributed by atoms with Gasteiger partial charge in [-0.2, -0.15) is 5.10 Å². The highest BCUT2D eigenvalue weighted by Crippen LogP contribution is 2.20. The van der Waals surface area contributed by atoms with Gasteiger partial charge in [0.05, 0.1) is 0 Å². The van der Waals surface area contributed by atoms with Crippen molar-refractivity contribution in [3.05, 3.63) is 42.2 Å². The van der Waals surface area contributed by atoms with Crippen LogP contribution in [0, 0.1) is 0 Å². The van der Waals surface area contributed by atoms with Gasteiger partial charge < -0.3 is 10.2 Å². The number of carboxylic acid groups (broad SMARTS) is 1. The lowest BCUT2D eigenvalue weighted by Gasteiger charge is -2.20. The molecule has 0 atom stereocenters. The second-order valence-corrected chi connectivity index (χ2v) is 4.14. The van der Waals surface area contributed by atoms with E-state index in [1.807, 2.05) is 0 Å². The Morgan fingerprint density at radius 2 is 1.90 bits per heavy atom. The number of aromatic nitrogens is 2. The molecule has 0 bridgehead atoms. The molecule has 1 aromatic carbocycles. The maximum atomic E-state index is 12.4. The van der Waals surface area contributed by atoms with E-state index in [9.17, 15) is 14.7 Å². The molecule has 20 heavy (non-hydrogen) atoms. The molecule has 7 heteroatoms. The van der Waals surface area contributed by atoms with Crippen LogP contribution in [0.3, 0.4) is 0 Å². The summed E-state index contributed by atoms with van der Waals surface area (Å²) in [7, 11) is 1.60. The van der Waals surface area contributed by atoms with Crippen LogP contribution in [0.1, 0.15) is 10.5 Å². The lowest BCUT2D eigenvalue weighted by atomic mass is 10.2. The molecule has 0 spiro atoms. The number of aryl methyl sites for hydroxylation is 1. The quantitative estimate of drug-likeness (QED) is 0.862. The number of hydrogen-bond donors (Lipinski definition) is 2. The summed E-state index contributed by atoms with van der Waals surface area (Å²) in [5, 5.41) is 22.1. The van der Waals surface area contributed by atoms with Crippen molar-refractivity contribution in [2.75, 3.05) is 11.4 Å². The molecule has 0 aliphatic rings. The predicted octanol–water partition coefficient (Wildman–Crippen LogP) is 0.857. The first-order valence-corrected chi connectivity index (χ1v) is 5.79. The summed E-state index contributed by atoms with van der Waals surface area (Å²) in [6, 6.07) is 7.25. The van der Waals surface area contributed by atoms with E-state index in [-0.39, 0.29) is 11.4 Å². The average Bonchev–Trinajstić information content (AvgIpc) is 2.82. The molecule has 2 rings (SSSR count). The molecule has 0 saturated carbocycles. The van der Waals surface area contributed by atoms with E-state index in [4.69, 9.17) is 5.11 Å². The summed E-state index contributed by atoms with van der Waals surface area (Å²) in [4.78, 5) is 24.4. The first-order valence-electron chi connectivity index (χ1n) is 5.79. The molecule has 0 aliphatic carbocycles. The number of carboxylic acids is 1. The molecule has 0 aliphatic heterocycles. The van der Waals surface area contributed by atoms with E-state index < -0.39 is 18.4 Å². The normalized spacial score (nSPS) is 10.2. The third kappa shape index (κ3) is 2.77. The Morgan fingerprint density at radius 1 is 1.25 bits per heavy atom. The largest absolute Gasteiger partial charge is 0.508 e. The number of phenols is 1. The Labute approximate surface area is 114 Å². The Kier molecular flexibility index (Phi) is 3.69. The minimum absolute atomic E-state index is 0.0389. The highest BCUT2D eigenvalue weighted by atomic mass is 16.4. The summed E-state index contributed by atoms with van der Waals surface area (Å²) >= 11 is 0. The Bertz CT molecular complexity index is 633. The average molecular weight is 275 g/mol. The van der Waals surface area contributed by atoms with Crippen molar-refractivity contribution in [1.82, 2.24) is 9.78 Å². The fourth-order valence-corrected chi connectivity index (χ4v) is 1.77. The van der Waals surface area contributed by atoms with Crippen LogP contribution in [0.2, 0.25) is 0 Å². The van der Waals surface area contributed by atoms with Crippen LogP contribution in [0.4, 0.5) is 5.69 Å². The van der Waals surface area contributed by atoms with Crippen molar-refractivity contribution in [3.63, 3.8) is 0 Å². The predicted molar refractivity (Wildman–Crippen MR) is 70.6 cm³/mol. The van der Waals surface area contributed by atoms with Gasteiger partial charge in [0.2, 0.25) is 0 Å². The SMILES string of the molecule is Cn1nccc1C(=O)N(CC(=O)O)c1ccc(O)cc1. The molecule has 0 radical (unpaired) electrons. The minimum Gasteiger partial charge on any atom is -0.508 e. The molecule has 1 aromatic heterocycles. The third-order valence-corrected chi connectivity index (χ3v) is 2.74. The topological polar surface area (TPSA) is 95.7 Å². The van der Waals surface area contributed by atoms with E-state index >= 15 is 0 Å². The molecular weight excluding hydrogens is 262 g/mol. The van der Waals surface area contributed by atoms with Crippen molar-refractivity contribution in [3.8, 4) is 5.75 Å². The van der Waals surface area contributed by atoms with Crippen molar-refractivity contribution in [2.45, 2.75) is 0 Å². The van der Waals surface area contributed by atoms with Gasteiger partial charge in [-0.3, -0.25) is 19.2 Å². The summed E-state index contributed by atoms with van der Waals surface area (Å²) < 4.78 is 1.37. The lowest BCUT2D eigenvalue weighted by molar-refractivity contribution is -0.135. The van der Waals surface area contributed by atoms with Gasteiger partial charge in [-0.15, -0.1) is 0 Å². The van der Waals surface area contributed by atoms with Gasteiger partial charge in [0.1, 0.15) is 18.0 Å². The number of anilines is 1. The molecular formula is C13H13N3O4. The van der Waals surface area contributed by atoms with Crippen LogP contribution in [-0.4, -0.2) is 38.4 Å². The number of carbonyl (C=O) groups excluding carboxylic acids is 1. The highest BCUT2D eigenvalue weighted by Gasteiger charge is 2.22. The number of aromatic hydroxyl groups is 1. The highest BCUT2D eigenvalue weighted by molar-refractivity contribution is 6.07. The van der Waals surface area contributed by atoms with Crippen LogP contribution >= 0.6 is 0 Å². The number of aliphatic carboxylic acids is 1. The van der Waals surface area contributed by atoms with Crippen molar-refractivity contribution >= 4 is 17.6 Å². The molecule has 7 nitrogen and oxygen atoms in total. The van der Waals surface area contributed by atoms with Gasteiger partial charge in [-0.1, -0.05) is 0 Å². The van der Waals surface area contributed by atoms with Crippen molar-refractivity contribution < 1.29 is 19.8 Å². The molecule has 1 amide bonds. The molecule has 1 heterocycles. The first-order chi connectivity index (χ1) is 9.49. The van der Waals surface area contributed by atoms with Crippen LogP contribution in [0.5, 0.6) is 5.75 Å². The first kappa shape index (κ1) is 13.6. The number of hydrogen-bond acceptors (Lipinski definition) is 4. The molecule has 0 saturated heterocycles. The van der Waals surface area contributed by atoms with E-state index in [1.54, 1.807) is 7.05 Å². The number of carbonyl (C=O) groups is 2. The second-order valence-electron chi connectivity index (χ2n) is 4.14. The van der Waals surface area contributed by atoms with Crippen LogP contribution in [-0.2, 0) is 11.8 Å². The zero-order valence-electron chi connectivity index (χ0n) is 10.7. The van der Waals surface area contributed by atoms with Crippen molar-refractivity contribution in [1.29, 1.82) is 0 Å². The zero-order valence-corrected chi connectivity index (χ0v) is 10.7. The number of nitrogens with zero attached hydrogens (tertiary/aromatic N) is 3. The number of rotatable bonds is 4. The Hall–Kier alpha value is -2.83. The summed E-state index contributed by atoms with van der Waals surface area (Å²) in [5.41, 5.74) is 0.663. The molecule has 0 unspecified atom stereocenters.